The summed E-state index contributed by atoms with van der Waals surface area (Å²) in [5.74, 6) is -0.664. The third-order valence-corrected chi connectivity index (χ3v) is 7.81. The molecule has 0 saturated carbocycles. The van der Waals surface area contributed by atoms with Gasteiger partial charge in [0.2, 0.25) is 0 Å². The largest absolute Gasteiger partial charge is 0.457 e. The second-order valence-corrected chi connectivity index (χ2v) is 9.92. The van der Waals surface area contributed by atoms with Crippen LogP contribution in [0.25, 0.3) is 0 Å². The first-order chi connectivity index (χ1) is 14.8. The zero-order valence-corrected chi connectivity index (χ0v) is 18.9. The van der Waals surface area contributed by atoms with Gasteiger partial charge in [0.05, 0.1) is 16.1 Å². The second kappa shape index (κ2) is 8.54. The molecule has 0 fully saturated rings. The highest BCUT2D eigenvalue weighted by Crippen LogP contribution is 2.36. The molecule has 0 spiro atoms. The Labute approximate surface area is 191 Å². The van der Waals surface area contributed by atoms with E-state index in [0.717, 1.165) is 5.56 Å². The van der Waals surface area contributed by atoms with E-state index in [-0.39, 0.29) is 23.1 Å². The molecule has 0 N–H and O–H groups in total. The third kappa shape index (κ3) is 4.15. The average molecular weight is 476 g/mol. The molecule has 3 aromatic rings. The number of hydrogen-bond donors (Lipinski definition) is 0. The fourth-order valence-electron chi connectivity index (χ4n) is 3.69. The van der Waals surface area contributed by atoms with Crippen LogP contribution in [0.3, 0.4) is 0 Å². The Bertz CT molecular complexity index is 1240. The van der Waals surface area contributed by atoms with E-state index in [4.69, 9.17) is 27.9 Å². The van der Waals surface area contributed by atoms with Crippen LogP contribution in [-0.2, 0) is 27.8 Å². The van der Waals surface area contributed by atoms with Gasteiger partial charge < -0.3 is 4.74 Å². The molecular weight excluding hydrogens is 457 g/mol. The number of carbonyl (C=O) groups excluding carboxylic acids is 1. The Morgan fingerprint density at radius 2 is 1.71 bits per heavy atom. The lowest BCUT2D eigenvalue weighted by Gasteiger charge is -2.24. The van der Waals surface area contributed by atoms with E-state index in [1.54, 1.807) is 24.3 Å². The summed E-state index contributed by atoms with van der Waals surface area (Å²) in [6.07, 6.45) is 0.635. The molecule has 0 aliphatic carbocycles. The number of anilines is 1. The molecule has 0 aromatic heterocycles. The summed E-state index contributed by atoms with van der Waals surface area (Å²) < 4.78 is 33.5. The normalized spacial score (nSPS) is 15.6. The maximum absolute atomic E-state index is 13.4. The molecule has 1 heterocycles. The minimum atomic E-state index is -3.85. The van der Waals surface area contributed by atoms with Crippen molar-refractivity contribution in [1.29, 1.82) is 0 Å². The number of halogens is 2. The number of esters is 1. The van der Waals surface area contributed by atoms with E-state index in [1.807, 2.05) is 25.1 Å². The molecule has 160 valence electrons. The van der Waals surface area contributed by atoms with Crippen LogP contribution in [0.5, 0.6) is 0 Å². The molecule has 1 atom stereocenters. The van der Waals surface area contributed by atoms with Crippen LogP contribution in [-0.4, -0.2) is 20.4 Å². The highest BCUT2D eigenvalue weighted by molar-refractivity contribution is 7.92. The Balaban J connectivity index is 1.59. The Hall–Kier alpha value is -2.54. The van der Waals surface area contributed by atoms with Crippen molar-refractivity contribution in [3.05, 3.63) is 93.5 Å². The van der Waals surface area contributed by atoms with E-state index < -0.39 is 16.0 Å². The molecule has 0 radical (unpaired) electrons. The molecule has 0 amide bonds. The first-order valence-corrected chi connectivity index (χ1v) is 11.8. The van der Waals surface area contributed by atoms with Gasteiger partial charge in [-0.2, -0.15) is 0 Å². The van der Waals surface area contributed by atoms with Crippen molar-refractivity contribution >= 4 is 44.9 Å². The highest BCUT2D eigenvalue weighted by Gasteiger charge is 2.36. The summed E-state index contributed by atoms with van der Waals surface area (Å²) in [5.41, 5.74) is 2.26. The van der Waals surface area contributed by atoms with Crippen LogP contribution >= 0.6 is 23.2 Å². The lowest BCUT2D eigenvalue weighted by molar-refractivity contribution is 0.0472. The number of nitrogens with zero attached hydrogens (tertiary/aromatic N) is 1. The number of ether oxygens (including phenoxy) is 1. The van der Waals surface area contributed by atoms with Gasteiger partial charge in [-0.1, -0.05) is 53.5 Å². The molecule has 0 bridgehead atoms. The average Bonchev–Trinajstić information content (AvgIpc) is 3.09. The van der Waals surface area contributed by atoms with Crippen LogP contribution < -0.4 is 4.31 Å². The molecule has 1 unspecified atom stereocenters. The lowest BCUT2D eigenvalue weighted by Crippen LogP contribution is -2.35. The number of sulfonamides is 1. The van der Waals surface area contributed by atoms with Crippen molar-refractivity contribution in [3.63, 3.8) is 0 Å². The van der Waals surface area contributed by atoms with Gasteiger partial charge in [0.1, 0.15) is 6.61 Å². The summed E-state index contributed by atoms with van der Waals surface area (Å²) >= 11 is 12.2. The van der Waals surface area contributed by atoms with E-state index in [2.05, 4.69) is 0 Å². The van der Waals surface area contributed by atoms with Crippen molar-refractivity contribution in [2.45, 2.75) is 30.9 Å². The van der Waals surface area contributed by atoms with Crippen molar-refractivity contribution < 1.29 is 17.9 Å². The van der Waals surface area contributed by atoms with Gasteiger partial charge in [0.15, 0.2) is 0 Å². The lowest BCUT2D eigenvalue weighted by atomic mass is 10.1. The predicted molar refractivity (Wildman–Crippen MR) is 121 cm³/mol. The van der Waals surface area contributed by atoms with Gasteiger partial charge in [-0.15, -0.1) is 0 Å². The molecule has 0 saturated heterocycles. The first kappa shape index (κ1) is 21.7. The molecule has 3 aromatic carbocycles. The van der Waals surface area contributed by atoms with Gasteiger partial charge in [-0.25, -0.2) is 13.2 Å². The molecule has 5 nitrogen and oxygen atoms in total. The zero-order valence-electron chi connectivity index (χ0n) is 16.6. The number of para-hydroxylation sites is 1. The highest BCUT2D eigenvalue weighted by atomic mass is 35.5. The van der Waals surface area contributed by atoms with E-state index in [9.17, 15) is 13.2 Å². The van der Waals surface area contributed by atoms with Gasteiger partial charge >= 0.3 is 5.97 Å². The van der Waals surface area contributed by atoms with Crippen molar-refractivity contribution in [3.8, 4) is 0 Å². The standard InChI is InChI=1S/C23H19Cl2NO4S/c1-15-12-16-6-2-3-11-22(16)26(15)31(28,29)18-8-4-7-17(13-18)23(27)30-14-19-20(24)9-5-10-21(19)25/h2-11,13,15H,12,14H2,1H3. The van der Waals surface area contributed by atoms with E-state index in [0.29, 0.717) is 27.7 Å². The van der Waals surface area contributed by atoms with Gasteiger partial charge in [0, 0.05) is 21.7 Å². The maximum atomic E-state index is 13.4. The van der Waals surface area contributed by atoms with Crippen LogP contribution in [0, 0.1) is 0 Å². The Morgan fingerprint density at radius 3 is 2.45 bits per heavy atom. The van der Waals surface area contributed by atoms with Crippen LogP contribution in [0.15, 0.2) is 71.6 Å². The van der Waals surface area contributed by atoms with Crippen LogP contribution in [0.4, 0.5) is 5.69 Å². The monoisotopic (exact) mass is 475 g/mol. The summed E-state index contributed by atoms with van der Waals surface area (Å²) in [6, 6.07) is 18.0. The molecule has 8 heteroatoms. The minimum Gasteiger partial charge on any atom is -0.457 e. The van der Waals surface area contributed by atoms with Crippen LogP contribution in [0.2, 0.25) is 10.0 Å². The van der Waals surface area contributed by atoms with Gasteiger partial charge in [-0.3, -0.25) is 4.31 Å². The number of hydrogen-bond acceptors (Lipinski definition) is 4. The summed E-state index contributed by atoms with van der Waals surface area (Å²) in [4.78, 5) is 12.6. The molecule has 1 aliphatic heterocycles. The van der Waals surface area contributed by atoms with E-state index in [1.165, 1.54) is 28.6 Å². The van der Waals surface area contributed by atoms with Crippen molar-refractivity contribution in [2.75, 3.05) is 4.31 Å². The Morgan fingerprint density at radius 1 is 1.03 bits per heavy atom. The number of carbonyl (C=O) groups is 1. The summed E-state index contributed by atoms with van der Waals surface area (Å²) in [7, 11) is -3.85. The predicted octanol–water partition coefficient (Wildman–Crippen LogP) is 5.49. The molecule has 1 aliphatic rings. The molecular formula is C23H19Cl2NO4S. The number of fused-ring (bicyclic) bond motifs is 1. The van der Waals surface area contributed by atoms with E-state index >= 15 is 0 Å². The molecule has 4 rings (SSSR count). The Kier molecular flexibility index (Phi) is 5.97. The third-order valence-electron chi connectivity index (χ3n) is 5.18. The minimum absolute atomic E-state index is 0.0290. The summed E-state index contributed by atoms with van der Waals surface area (Å²) in [5, 5.41) is 0.775. The molecule has 31 heavy (non-hydrogen) atoms. The number of benzene rings is 3. The van der Waals surface area contributed by atoms with Gasteiger partial charge in [-0.05, 0) is 55.3 Å². The van der Waals surface area contributed by atoms with Crippen molar-refractivity contribution in [1.82, 2.24) is 0 Å². The first-order valence-electron chi connectivity index (χ1n) is 9.61. The van der Waals surface area contributed by atoms with Crippen molar-refractivity contribution in [2.24, 2.45) is 0 Å². The maximum Gasteiger partial charge on any atom is 0.338 e. The summed E-state index contributed by atoms with van der Waals surface area (Å²) in [6.45, 7) is 1.74. The fourth-order valence-corrected chi connectivity index (χ4v) is 5.94. The smallest absolute Gasteiger partial charge is 0.338 e. The second-order valence-electron chi connectivity index (χ2n) is 7.29. The van der Waals surface area contributed by atoms with Crippen LogP contribution in [0.1, 0.15) is 28.4 Å². The topological polar surface area (TPSA) is 63.7 Å². The quantitative estimate of drug-likeness (QED) is 0.457. The number of rotatable bonds is 5. The SMILES string of the molecule is CC1Cc2ccccc2N1S(=O)(=O)c1cccc(C(=O)OCc2c(Cl)cccc2Cl)c1. The van der Waals surface area contributed by atoms with Gasteiger partial charge in [0.25, 0.3) is 10.0 Å². The zero-order chi connectivity index (χ0) is 22.2. The fraction of sp³-hybridized carbons (Fsp3) is 0.174.